The molecule has 0 saturated carbocycles. The maximum atomic E-state index is 12.7. The molecule has 7 nitrogen and oxygen atoms in total. The molecule has 7 heteroatoms. The van der Waals surface area contributed by atoms with Gasteiger partial charge in [0.25, 0.3) is 0 Å². The van der Waals surface area contributed by atoms with Crippen LogP contribution in [0, 0.1) is 11.8 Å². The van der Waals surface area contributed by atoms with Gasteiger partial charge in [0.05, 0.1) is 5.92 Å². The van der Waals surface area contributed by atoms with Crippen LogP contribution in [0.1, 0.15) is 44.6 Å². The van der Waals surface area contributed by atoms with Crippen molar-refractivity contribution in [2.75, 3.05) is 31.5 Å². The highest BCUT2D eigenvalue weighted by Crippen LogP contribution is 2.22. The predicted molar refractivity (Wildman–Crippen MR) is 112 cm³/mol. The highest BCUT2D eigenvalue weighted by Gasteiger charge is 2.28. The van der Waals surface area contributed by atoms with Crippen molar-refractivity contribution in [2.45, 2.75) is 45.6 Å². The lowest BCUT2D eigenvalue weighted by molar-refractivity contribution is -0.134. The third-order valence-corrected chi connectivity index (χ3v) is 6.04. The number of anilines is 1. The van der Waals surface area contributed by atoms with E-state index in [0.717, 1.165) is 63.1 Å². The van der Waals surface area contributed by atoms with E-state index in [-0.39, 0.29) is 29.6 Å². The van der Waals surface area contributed by atoms with Crippen LogP contribution >= 0.6 is 0 Å². The number of primary amides is 1. The maximum Gasteiger partial charge on any atom is 0.229 e. The van der Waals surface area contributed by atoms with Crippen molar-refractivity contribution in [3.05, 3.63) is 29.8 Å². The molecule has 158 valence electrons. The van der Waals surface area contributed by atoms with Gasteiger partial charge in [-0.2, -0.15) is 0 Å². The molecule has 1 unspecified atom stereocenters. The van der Waals surface area contributed by atoms with Crippen LogP contribution in [0.5, 0.6) is 0 Å². The Morgan fingerprint density at radius 1 is 1.10 bits per heavy atom. The van der Waals surface area contributed by atoms with E-state index in [9.17, 15) is 14.4 Å². The lowest BCUT2D eigenvalue weighted by atomic mass is 9.96. The van der Waals surface area contributed by atoms with E-state index in [0.29, 0.717) is 13.0 Å². The summed E-state index contributed by atoms with van der Waals surface area (Å²) in [6.45, 7) is 5.61. The molecule has 3 amide bonds. The van der Waals surface area contributed by atoms with Crippen LogP contribution in [0.4, 0.5) is 5.69 Å². The number of hydrogen-bond donors (Lipinski definition) is 2. The van der Waals surface area contributed by atoms with Crippen molar-refractivity contribution in [1.82, 2.24) is 9.80 Å². The third kappa shape index (κ3) is 5.79. The van der Waals surface area contributed by atoms with E-state index in [2.05, 4.69) is 16.3 Å². The van der Waals surface area contributed by atoms with E-state index in [1.807, 2.05) is 25.1 Å². The summed E-state index contributed by atoms with van der Waals surface area (Å²) in [6, 6.07) is 7.92. The normalized spacial score (nSPS) is 21.0. The van der Waals surface area contributed by atoms with Crippen molar-refractivity contribution in [3.8, 4) is 0 Å². The zero-order valence-electron chi connectivity index (χ0n) is 17.2. The van der Waals surface area contributed by atoms with Gasteiger partial charge in [0, 0.05) is 37.7 Å². The Balaban J connectivity index is 1.53. The fourth-order valence-corrected chi connectivity index (χ4v) is 4.27. The molecule has 2 aliphatic rings. The Kier molecular flexibility index (Phi) is 7.25. The number of rotatable bonds is 6. The van der Waals surface area contributed by atoms with Crippen molar-refractivity contribution >= 4 is 23.4 Å². The molecule has 0 bridgehead atoms. The Morgan fingerprint density at radius 3 is 2.55 bits per heavy atom. The van der Waals surface area contributed by atoms with Crippen LogP contribution in [0.25, 0.3) is 0 Å². The lowest BCUT2D eigenvalue weighted by Crippen LogP contribution is -2.43. The maximum absolute atomic E-state index is 12.7. The molecule has 1 aromatic carbocycles. The molecule has 2 fully saturated rings. The van der Waals surface area contributed by atoms with Crippen LogP contribution in [0.2, 0.25) is 0 Å². The Hall–Kier alpha value is -2.41. The first-order valence-electron chi connectivity index (χ1n) is 10.7. The second-order valence-corrected chi connectivity index (χ2v) is 8.17. The summed E-state index contributed by atoms with van der Waals surface area (Å²) < 4.78 is 0. The van der Waals surface area contributed by atoms with Crippen LogP contribution in [-0.4, -0.2) is 53.7 Å². The van der Waals surface area contributed by atoms with Gasteiger partial charge in [0.2, 0.25) is 17.7 Å². The van der Waals surface area contributed by atoms with Gasteiger partial charge < -0.3 is 16.0 Å². The second-order valence-electron chi connectivity index (χ2n) is 8.17. The molecule has 0 radical (unpaired) electrons. The van der Waals surface area contributed by atoms with E-state index in [1.54, 1.807) is 4.90 Å². The van der Waals surface area contributed by atoms with Crippen LogP contribution in [0.15, 0.2) is 24.3 Å². The molecular weight excluding hydrogens is 368 g/mol. The first-order chi connectivity index (χ1) is 14.0. The summed E-state index contributed by atoms with van der Waals surface area (Å²) in [5.41, 5.74) is 7.33. The quantitative estimate of drug-likeness (QED) is 0.763. The largest absolute Gasteiger partial charge is 0.369 e. The zero-order chi connectivity index (χ0) is 20.8. The monoisotopic (exact) mass is 400 g/mol. The zero-order valence-corrected chi connectivity index (χ0v) is 17.2. The van der Waals surface area contributed by atoms with E-state index < -0.39 is 0 Å². The summed E-state index contributed by atoms with van der Waals surface area (Å²) in [7, 11) is 0. The smallest absolute Gasteiger partial charge is 0.229 e. The van der Waals surface area contributed by atoms with E-state index in [4.69, 9.17) is 5.73 Å². The second kappa shape index (κ2) is 9.87. The van der Waals surface area contributed by atoms with Gasteiger partial charge in [0.15, 0.2) is 0 Å². The number of carbonyl (C=O) groups excluding carboxylic acids is 3. The first-order valence-corrected chi connectivity index (χ1v) is 10.7. The highest BCUT2D eigenvalue weighted by molar-refractivity contribution is 5.93. The highest BCUT2D eigenvalue weighted by atomic mass is 16.2. The van der Waals surface area contributed by atoms with Gasteiger partial charge >= 0.3 is 0 Å². The predicted octanol–water partition coefficient (Wildman–Crippen LogP) is 1.97. The van der Waals surface area contributed by atoms with Crippen LogP contribution < -0.4 is 11.1 Å². The molecule has 1 aromatic rings. The summed E-state index contributed by atoms with van der Waals surface area (Å²) >= 11 is 0. The SMILES string of the molecule is CCC(=O)N1CCCC(C(=O)Nc2cccc(CN3CCC(C(N)=O)CC3)c2)C1. The number of nitrogens with one attached hydrogen (secondary N) is 1. The lowest BCUT2D eigenvalue weighted by Gasteiger charge is -2.32. The summed E-state index contributed by atoms with van der Waals surface area (Å²) in [5, 5.41) is 3.03. The van der Waals surface area contributed by atoms with Crippen molar-refractivity contribution in [1.29, 1.82) is 0 Å². The summed E-state index contributed by atoms with van der Waals surface area (Å²) in [5.74, 6) is -0.263. The minimum absolute atomic E-state index is 0.00785. The van der Waals surface area contributed by atoms with Gasteiger partial charge in [-0.25, -0.2) is 0 Å². The van der Waals surface area contributed by atoms with Gasteiger partial charge in [-0.3, -0.25) is 19.3 Å². The molecular formula is C22H32N4O3. The average molecular weight is 401 g/mol. The van der Waals surface area contributed by atoms with Crippen molar-refractivity contribution in [2.24, 2.45) is 17.6 Å². The number of nitrogens with zero attached hydrogens (tertiary/aromatic N) is 2. The average Bonchev–Trinajstić information content (AvgIpc) is 2.74. The van der Waals surface area contributed by atoms with Crippen molar-refractivity contribution in [3.63, 3.8) is 0 Å². The van der Waals surface area contributed by atoms with E-state index in [1.165, 1.54) is 0 Å². The van der Waals surface area contributed by atoms with Crippen LogP contribution in [-0.2, 0) is 20.9 Å². The molecule has 3 rings (SSSR count). The first kappa shape index (κ1) is 21.3. The number of nitrogens with two attached hydrogens (primary N) is 1. The number of carbonyl (C=O) groups is 3. The molecule has 2 heterocycles. The number of hydrogen-bond acceptors (Lipinski definition) is 4. The van der Waals surface area contributed by atoms with E-state index >= 15 is 0 Å². The number of piperidine rings is 2. The number of amides is 3. The molecule has 1 atom stereocenters. The van der Waals surface area contributed by atoms with Crippen LogP contribution in [0.3, 0.4) is 0 Å². The summed E-state index contributed by atoms with van der Waals surface area (Å²) in [6.07, 6.45) is 3.77. The topological polar surface area (TPSA) is 95.7 Å². The minimum atomic E-state index is -0.198. The van der Waals surface area contributed by atoms with Gasteiger partial charge in [-0.15, -0.1) is 0 Å². The number of benzene rings is 1. The van der Waals surface area contributed by atoms with Crippen molar-refractivity contribution < 1.29 is 14.4 Å². The Bertz CT molecular complexity index is 743. The standard InChI is InChI=1S/C22H32N4O3/c1-2-20(27)26-10-4-6-18(15-26)22(29)24-19-7-3-5-16(13-19)14-25-11-8-17(9-12-25)21(23)28/h3,5,7,13,17-18H,2,4,6,8-12,14-15H2,1H3,(H2,23,28)(H,24,29). The fraction of sp³-hybridized carbons (Fsp3) is 0.591. The number of likely N-dealkylation sites (tertiary alicyclic amines) is 2. The molecule has 0 aromatic heterocycles. The van der Waals surface area contributed by atoms with Gasteiger partial charge in [-0.05, 0) is 56.5 Å². The third-order valence-electron chi connectivity index (χ3n) is 6.04. The molecule has 3 N–H and O–H groups in total. The molecule has 0 spiro atoms. The molecule has 2 aliphatic heterocycles. The van der Waals surface area contributed by atoms with Gasteiger partial charge in [-0.1, -0.05) is 19.1 Å². The molecule has 29 heavy (non-hydrogen) atoms. The molecule has 2 saturated heterocycles. The Morgan fingerprint density at radius 2 is 1.86 bits per heavy atom. The van der Waals surface area contributed by atoms with Gasteiger partial charge in [0.1, 0.15) is 0 Å². The minimum Gasteiger partial charge on any atom is -0.369 e. The fourth-order valence-electron chi connectivity index (χ4n) is 4.27. The molecule has 0 aliphatic carbocycles. The Labute approximate surface area is 172 Å². The summed E-state index contributed by atoms with van der Waals surface area (Å²) in [4.78, 5) is 40.1.